The number of halogens is 3. The van der Waals surface area contributed by atoms with Crippen molar-refractivity contribution in [1.29, 1.82) is 0 Å². The van der Waals surface area contributed by atoms with Crippen LogP contribution in [-0.4, -0.2) is 17.0 Å². The van der Waals surface area contributed by atoms with Crippen molar-refractivity contribution < 1.29 is 14.7 Å². The van der Waals surface area contributed by atoms with Crippen LogP contribution in [0, 0.1) is 11.8 Å². The maximum Gasteiger partial charge on any atom is 0.307 e. The average molecular weight is 442 g/mol. The van der Waals surface area contributed by atoms with Crippen molar-refractivity contribution in [3.63, 3.8) is 0 Å². The maximum absolute atomic E-state index is 11.9. The molecule has 0 radical (unpaired) electrons. The Bertz CT molecular complexity index is 509. The lowest BCUT2D eigenvalue weighted by atomic mass is 10.2. The number of benzene rings is 1. The summed E-state index contributed by atoms with van der Waals surface area (Å²) >= 11 is 10.0. The number of hydrogen-bond donors (Lipinski definition) is 2. The van der Waals surface area contributed by atoms with Gasteiger partial charge in [0, 0.05) is 13.4 Å². The number of carboxylic acid groups (broad SMARTS) is 1. The Balaban J connectivity index is 2.11. The van der Waals surface area contributed by atoms with Gasteiger partial charge in [0.25, 0.3) is 0 Å². The monoisotopic (exact) mass is 439 g/mol. The van der Waals surface area contributed by atoms with Crippen molar-refractivity contribution in [2.45, 2.75) is 6.42 Å². The van der Waals surface area contributed by atoms with Crippen LogP contribution in [0.15, 0.2) is 25.6 Å². The van der Waals surface area contributed by atoms with Crippen LogP contribution in [0.2, 0.25) is 0 Å². The molecule has 1 aliphatic carbocycles. The number of nitrogens with one attached hydrogen (secondary N) is 1. The van der Waals surface area contributed by atoms with Gasteiger partial charge in [-0.2, -0.15) is 0 Å². The molecule has 4 nitrogen and oxygen atoms in total. The summed E-state index contributed by atoms with van der Waals surface area (Å²) in [6.45, 7) is 0. The van der Waals surface area contributed by atoms with Gasteiger partial charge < -0.3 is 10.4 Å². The molecule has 1 amide bonds. The molecule has 2 N–H and O–H groups in total. The van der Waals surface area contributed by atoms with Crippen molar-refractivity contribution in [3.05, 3.63) is 25.6 Å². The Morgan fingerprint density at radius 2 is 1.72 bits per heavy atom. The molecule has 1 aromatic rings. The standard InChI is InChI=1S/C11H8Br3NO3/c12-4-1-7(13)9(8(14)2-4)15-10(16)5-3-6(5)11(17)18/h1-2,5-6H,3H2,(H,15,16)(H,17,18)/t5-,6+/m1/s1. The largest absolute Gasteiger partial charge is 0.481 e. The van der Waals surface area contributed by atoms with Crippen LogP contribution >= 0.6 is 47.8 Å². The van der Waals surface area contributed by atoms with E-state index in [0.717, 1.165) is 13.4 Å². The number of rotatable bonds is 3. The van der Waals surface area contributed by atoms with Gasteiger partial charge in [0.05, 0.1) is 17.5 Å². The molecule has 7 heteroatoms. The fourth-order valence-electron chi connectivity index (χ4n) is 1.64. The second-order valence-electron chi connectivity index (χ2n) is 4.02. The average Bonchev–Trinajstić information content (AvgIpc) is 3.02. The van der Waals surface area contributed by atoms with Crippen LogP contribution < -0.4 is 5.32 Å². The summed E-state index contributed by atoms with van der Waals surface area (Å²) in [5, 5.41) is 11.5. The number of hydrogen-bond acceptors (Lipinski definition) is 2. The van der Waals surface area contributed by atoms with Gasteiger partial charge in [0.1, 0.15) is 0 Å². The molecule has 2 rings (SSSR count). The number of amides is 1. The molecule has 1 aromatic carbocycles. The highest BCUT2D eigenvalue weighted by Crippen LogP contribution is 2.41. The van der Waals surface area contributed by atoms with Crippen LogP contribution in [0.1, 0.15) is 6.42 Å². The van der Waals surface area contributed by atoms with Gasteiger partial charge in [-0.1, -0.05) is 15.9 Å². The number of anilines is 1. The first kappa shape index (κ1) is 14.0. The molecule has 0 aromatic heterocycles. The SMILES string of the molecule is O=C(O)[C@H]1C[C@H]1C(=O)Nc1c(Br)cc(Br)cc1Br. The van der Waals surface area contributed by atoms with Crippen LogP contribution in [0.3, 0.4) is 0 Å². The molecule has 0 bridgehead atoms. The summed E-state index contributed by atoms with van der Waals surface area (Å²) < 4.78 is 2.32. The zero-order valence-electron chi connectivity index (χ0n) is 8.91. The smallest absolute Gasteiger partial charge is 0.307 e. The van der Waals surface area contributed by atoms with Crippen molar-refractivity contribution in [3.8, 4) is 0 Å². The van der Waals surface area contributed by atoms with E-state index < -0.39 is 17.8 Å². The topological polar surface area (TPSA) is 66.4 Å². The lowest BCUT2D eigenvalue weighted by Crippen LogP contribution is -2.17. The van der Waals surface area contributed by atoms with Crippen molar-refractivity contribution in [1.82, 2.24) is 0 Å². The Hall–Kier alpha value is -0.400. The minimum atomic E-state index is -0.913. The third-order valence-electron chi connectivity index (χ3n) is 2.70. The predicted octanol–water partition coefficient (Wildman–Crippen LogP) is 3.63. The molecule has 0 unspecified atom stereocenters. The normalized spacial score (nSPS) is 21.5. The van der Waals surface area contributed by atoms with Gasteiger partial charge in [0.2, 0.25) is 5.91 Å². The Morgan fingerprint density at radius 1 is 1.17 bits per heavy atom. The zero-order valence-corrected chi connectivity index (χ0v) is 13.7. The van der Waals surface area contributed by atoms with Gasteiger partial charge in [-0.3, -0.25) is 9.59 Å². The number of carbonyl (C=O) groups is 2. The predicted molar refractivity (Wildman–Crippen MR) is 77.4 cm³/mol. The lowest BCUT2D eigenvalue weighted by molar-refractivity contribution is -0.139. The molecule has 0 spiro atoms. The van der Waals surface area contributed by atoms with Gasteiger partial charge in [-0.25, -0.2) is 0 Å². The molecular weight excluding hydrogens is 434 g/mol. The fraction of sp³-hybridized carbons (Fsp3) is 0.273. The van der Waals surface area contributed by atoms with Crippen molar-refractivity contribution >= 4 is 65.4 Å². The third-order valence-corrected chi connectivity index (χ3v) is 4.41. The Kier molecular flexibility index (Phi) is 4.13. The highest BCUT2D eigenvalue weighted by atomic mass is 79.9. The molecule has 1 saturated carbocycles. The van der Waals surface area contributed by atoms with Crippen LogP contribution in [0.5, 0.6) is 0 Å². The van der Waals surface area contributed by atoms with Gasteiger partial charge in [-0.15, -0.1) is 0 Å². The number of carboxylic acids is 1. The summed E-state index contributed by atoms with van der Waals surface area (Å²) in [7, 11) is 0. The molecule has 96 valence electrons. The van der Waals surface area contributed by atoms with E-state index in [1.807, 2.05) is 12.1 Å². The van der Waals surface area contributed by atoms with Crippen molar-refractivity contribution in [2.75, 3.05) is 5.32 Å². The van der Waals surface area contributed by atoms with E-state index in [4.69, 9.17) is 5.11 Å². The minimum Gasteiger partial charge on any atom is -0.481 e. The van der Waals surface area contributed by atoms with Crippen molar-refractivity contribution in [2.24, 2.45) is 11.8 Å². The van der Waals surface area contributed by atoms with Crippen LogP contribution in [0.25, 0.3) is 0 Å². The molecule has 1 aliphatic rings. The molecule has 18 heavy (non-hydrogen) atoms. The first-order valence-electron chi connectivity index (χ1n) is 5.08. The Morgan fingerprint density at radius 3 is 2.17 bits per heavy atom. The number of carbonyl (C=O) groups excluding carboxylic acids is 1. The van der Waals surface area contributed by atoms with Crippen LogP contribution in [0.4, 0.5) is 5.69 Å². The van der Waals surface area contributed by atoms with E-state index in [2.05, 4.69) is 53.1 Å². The van der Waals surface area contributed by atoms with Crippen LogP contribution in [-0.2, 0) is 9.59 Å². The fourth-order valence-corrected chi connectivity index (χ4v) is 4.09. The van der Waals surface area contributed by atoms with E-state index in [-0.39, 0.29) is 5.91 Å². The minimum absolute atomic E-state index is 0.258. The van der Waals surface area contributed by atoms with E-state index in [9.17, 15) is 9.59 Å². The third kappa shape index (κ3) is 2.95. The first-order chi connectivity index (χ1) is 8.40. The first-order valence-corrected chi connectivity index (χ1v) is 7.46. The van der Waals surface area contributed by atoms with E-state index in [1.165, 1.54) is 0 Å². The van der Waals surface area contributed by atoms with Gasteiger partial charge >= 0.3 is 5.97 Å². The summed E-state index contributed by atoms with van der Waals surface area (Å²) in [6, 6.07) is 3.61. The number of aliphatic carboxylic acids is 1. The molecule has 0 saturated heterocycles. The summed E-state index contributed by atoms with van der Waals surface area (Å²) in [6.07, 6.45) is 0.410. The van der Waals surface area contributed by atoms with E-state index in [1.54, 1.807) is 0 Å². The zero-order chi connectivity index (χ0) is 13.4. The maximum atomic E-state index is 11.9. The molecule has 0 heterocycles. The van der Waals surface area contributed by atoms with Gasteiger partial charge in [-0.05, 0) is 50.4 Å². The second-order valence-corrected chi connectivity index (χ2v) is 6.64. The Labute approximate surface area is 129 Å². The summed E-state index contributed by atoms with van der Waals surface area (Å²) in [5.41, 5.74) is 0.610. The highest BCUT2D eigenvalue weighted by Gasteiger charge is 2.48. The van der Waals surface area contributed by atoms with Gasteiger partial charge in [0.15, 0.2) is 0 Å². The second kappa shape index (κ2) is 5.30. The lowest BCUT2D eigenvalue weighted by Gasteiger charge is -2.10. The molecular formula is C11H8Br3NO3. The molecule has 1 fully saturated rings. The molecule has 2 atom stereocenters. The molecule has 0 aliphatic heterocycles. The highest BCUT2D eigenvalue weighted by molar-refractivity contribution is 9.11. The summed E-state index contributed by atoms with van der Waals surface area (Å²) in [4.78, 5) is 22.6. The van der Waals surface area contributed by atoms with E-state index in [0.29, 0.717) is 12.1 Å². The van der Waals surface area contributed by atoms with E-state index >= 15 is 0 Å². The quantitative estimate of drug-likeness (QED) is 0.752. The summed E-state index contributed by atoms with van der Waals surface area (Å²) in [5.74, 6) is -2.14.